The van der Waals surface area contributed by atoms with E-state index in [0.717, 1.165) is 17.0 Å². The summed E-state index contributed by atoms with van der Waals surface area (Å²) in [6.45, 7) is 6.64. The maximum absolute atomic E-state index is 5.36. The number of hydrogen-bond acceptors (Lipinski definition) is 1. The number of benzene rings is 5. The molecule has 9 rings (SSSR count). The molecule has 2 aliphatic carbocycles. The Labute approximate surface area is 289 Å². The first-order valence-corrected chi connectivity index (χ1v) is 17.3. The highest BCUT2D eigenvalue weighted by molar-refractivity contribution is 6.16. The average molecular weight is 629 g/mol. The van der Waals surface area contributed by atoms with Gasteiger partial charge < -0.3 is 4.48 Å². The van der Waals surface area contributed by atoms with Crippen LogP contribution in [0.4, 0.5) is 0 Å². The number of aromatic nitrogens is 1. The smallest absolute Gasteiger partial charge is 0.223 e. The van der Waals surface area contributed by atoms with E-state index in [4.69, 9.17) is 4.99 Å². The van der Waals surface area contributed by atoms with Gasteiger partial charge in [0.15, 0.2) is 0 Å². The Morgan fingerprint density at radius 3 is 2.35 bits per heavy atom. The highest BCUT2D eigenvalue weighted by Gasteiger charge is 2.27. The lowest BCUT2D eigenvalue weighted by Crippen LogP contribution is -2.15. The molecule has 3 aliphatic rings. The summed E-state index contributed by atoms with van der Waals surface area (Å²) in [5, 5.41) is 5.05. The van der Waals surface area contributed by atoms with E-state index in [1.807, 2.05) is 0 Å². The molecule has 5 aromatic carbocycles. The minimum atomic E-state index is 0.345. The van der Waals surface area contributed by atoms with Crippen molar-refractivity contribution in [2.24, 2.45) is 10.9 Å². The molecule has 0 radical (unpaired) electrons. The molecule has 0 spiro atoms. The maximum Gasteiger partial charge on any atom is 0.223 e. The standard InChI is InChI=1S/C46H37BN2/c1-28-24-29(2)45(30(3)25-28)46(42-21-20-41(48-42)35-16-18-39-33(26-35)14-12-31-8-4-6-10-37(31)39)44-23-22-43(49(44)47)36-17-19-40-34(27-36)15-13-32-9-5-7-11-38(32)40/h4-27,34,40H,47H2,1-3H3/b46-42+. The van der Waals surface area contributed by atoms with Crippen LogP contribution in [0.2, 0.25) is 0 Å². The van der Waals surface area contributed by atoms with Gasteiger partial charge in [0.1, 0.15) is 0 Å². The summed E-state index contributed by atoms with van der Waals surface area (Å²) in [5.74, 6) is 0.725. The third kappa shape index (κ3) is 4.92. The van der Waals surface area contributed by atoms with Gasteiger partial charge in [0.05, 0.1) is 11.4 Å². The molecule has 49 heavy (non-hydrogen) atoms. The van der Waals surface area contributed by atoms with Crippen LogP contribution >= 0.6 is 0 Å². The Bertz CT molecular complexity index is 2520. The number of aryl methyl sites for hydroxylation is 3. The zero-order valence-electron chi connectivity index (χ0n) is 28.4. The molecular weight excluding hydrogens is 591 g/mol. The number of fused-ring (bicyclic) bond motifs is 6. The largest absolute Gasteiger partial charge is 0.393 e. The van der Waals surface area contributed by atoms with E-state index in [1.165, 1.54) is 77.5 Å². The van der Waals surface area contributed by atoms with E-state index in [0.29, 0.717) is 11.8 Å². The molecular formula is C46H37BN2. The minimum absolute atomic E-state index is 0.345. The van der Waals surface area contributed by atoms with Crippen molar-refractivity contribution in [2.75, 3.05) is 0 Å². The summed E-state index contributed by atoms with van der Waals surface area (Å²) >= 11 is 0. The summed E-state index contributed by atoms with van der Waals surface area (Å²) in [6.07, 6.45) is 16.2. The first-order chi connectivity index (χ1) is 23.9. The predicted octanol–water partition coefficient (Wildman–Crippen LogP) is 10.3. The number of rotatable bonds is 4. The Morgan fingerprint density at radius 2 is 1.47 bits per heavy atom. The summed E-state index contributed by atoms with van der Waals surface area (Å²) in [5.41, 5.74) is 15.7. The third-order valence-corrected chi connectivity index (χ3v) is 10.7. The van der Waals surface area contributed by atoms with Crippen LogP contribution in [0.5, 0.6) is 0 Å². The molecule has 0 N–H and O–H groups in total. The molecule has 0 bridgehead atoms. The summed E-state index contributed by atoms with van der Waals surface area (Å²) in [7, 11) is 2.20. The molecule has 0 amide bonds. The van der Waals surface area contributed by atoms with Crippen molar-refractivity contribution in [1.82, 2.24) is 4.48 Å². The fourth-order valence-corrected chi connectivity index (χ4v) is 8.39. The Hall–Kier alpha value is -5.67. The quantitative estimate of drug-likeness (QED) is 0.137. The van der Waals surface area contributed by atoms with Crippen LogP contribution in [0, 0.1) is 26.7 Å². The van der Waals surface area contributed by atoms with Crippen LogP contribution < -0.4 is 0 Å². The van der Waals surface area contributed by atoms with E-state index in [-0.39, 0.29) is 0 Å². The zero-order valence-corrected chi connectivity index (χ0v) is 28.4. The Kier molecular flexibility index (Phi) is 6.91. The molecule has 0 saturated heterocycles. The van der Waals surface area contributed by atoms with Crippen molar-refractivity contribution < 1.29 is 0 Å². The molecule has 2 heterocycles. The van der Waals surface area contributed by atoms with Gasteiger partial charge in [-0.1, -0.05) is 121 Å². The van der Waals surface area contributed by atoms with Gasteiger partial charge in [-0.2, -0.15) is 0 Å². The highest BCUT2D eigenvalue weighted by atomic mass is 14.9. The highest BCUT2D eigenvalue weighted by Crippen LogP contribution is 2.42. The lowest BCUT2D eigenvalue weighted by atomic mass is 9.75. The van der Waals surface area contributed by atoms with Gasteiger partial charge >= 0.3 is 0 Å². The molecule has 2 atom stereocenters. The van der Waals surface area contributed by atoms with Crippen LogP contribution in [0.3, 0.4) is 0 Å². The van der Waals surface area contributed by atoms with Gasteiger partial charge in [0, 0.05) is 34.4 Å². The number of nitrogens with zero attached hydrogens (tertiary/aromatic N) is 2. The van der Waals surface area contributed by atoms with Gasteiger partial charge in [-0.3, -0.25) is 0 Å². The van der Waals surface area contributed by atoms with Crippen molar-refractivity contribution >= 4 is 52.5 Å². The number of aliphatic imine (C=N–C) groups is 1. The molecule has 234 valence electrons. The van der Waals surface area contributed by atoms with Crippen LogP contribution in [-0.2, 0) is 0 Å². The van der Waals surface area contributed by atoms with Gasteiger partial charge in [-0.05, 0) is 106 Å². The summed E-state index contributed by atoms with van der Waals surface area (Å²) in [4.78, 5) is 5.36. The predicted molar refractivity (Wildman–Crippen MR) is 211 cm³/mol. The normalized spacial score (nSPS) is 18.8. The molecule has 3 heteroatoms. The first kappa shape index (κ1) is 29.5. The lowest BCUT2D eigenvalue weighted by molar-refractivity contribution is 0.694. The molecule has 0 fully saturated rings. The fraction of sp³-hybridized carbons (Fsp3) is 0.109. The van der Waals surface area contributed by atoms with Crippen LogP contribution in [0.1, 0.15) is 56.2 Å². The Balaban J connectivity index is 1.15. The van der Waals surface area contributed by atoms with E-state index < -0.39 is 0 Å². The van der Waals surface area contributed by atoms with E-state index in [1.54, 1.807) is 0 Å². The first-order valence-electron chi connectivity index (χ1n) is 17.3. The molecule has 1 aliphatic heterocycles. The number of allylic oxidation sites excluding steroid dienone is 7. The van der Waals surface area contributed by atoms with Gasteiger partial charge in [0.2, 0.25) is 7.98 Å². The van der Waals surface area contributed by atoms with Crippen molar-refractivity contribution in [3.63, 3.8) is 0 Å². The van der Waals surface area contributed by atoms with Crippen LogP contribution in [0.25, 0.3) is 38.8 Å². The molecule has 2 unspecified atom stereocenters. The lowest BCUT2D eigenvalue weighted by Gasteiger charge is -2.29. The van der Waals surface area contributed by atoms with E-state index >= 15 is 0 Å². The second kappa shape index (κ2) is 11.5. The van der Waals surface area contributed by atoms with Crippen molar-refractivity contribution in [2.45, 2.75) is 26.7 Å². The molecule has 2 nitrogen and oxygen atoms in total. The van der Waals surface area contributed by atoms with Crippen molar-refractivity contribution in [3.05, 3.63) is 196 Å². The number of hydrogen-bond donors (Lipinski definition) is 0. The average Bonchev–Trinajstić information content (AvgIpc) is 3.76. The topological polar surface area (TPSA) is 17.3 Å². The third-order valence-electron chi connectivity index (χ3n) is 10.7. The van der Waals surface area contributed by atoms with Gasteiger partial charge in [-0.25, -0.2) is 4.99 Å². The van der Waals surface area contributed by atoms with Crippen molar-refractivity contribution in [3.8, 4) is 0 Å². The summed E-state index contributed by atoms with van der Waals surface area (Å²) in [6, 6.07) is 37.7. The monoisotopic (exact) mass is 628 g/mol. The fourth-order valence-electron chi connectivity index (χ4n) is 8.39. The maximum atomic E-state index is 5.36. The molecule has 0 saturated carbocycles. The van der Waals surface area contributed by atoms with Crippen molar-refractivity contribution in [1.29, 1.82) is 0 Å². The van der Waals surface area contributed by atoms with Gasteiger partial charge in [-0.15, -0.1) is 0 Å². The second-order valence-corrected chi connectivity index (χ2v) is 13.8. The van der Waals surface area contributed by atoms with Crippen LogP contribution in [0.15, 0.2) is 150 Å². The second-order valence-electron chi connectivity index (χ2n) is 13.8. The minimum Gasteiger partial charge on any atom is -0.393 e. The molecule has 6 aromatic rings. The van der Waals surface area contributed by atoms with E-state index in [2.05, 4.69) is 179 Å². The summed E-state index contributed by atoms with van der Waals surface area (Å²) < 4.78 is 2.36. The zero-order chi connectivity index (χ0) is 33.2. The molecule has 1 aromatic heterocycles. The van der Waals surface area contributed by atoms with Crippen LogP contribution in [-0.4, -0.2) is 18.2 Å². The SMILES string of the molecule is Bn1c(C2=CC3C=Cc4ccccc4C3C=C2)ccc1/C(=C1/C=CC(c2ccc3c(ccc4ccccc43)c2)=N1)c1c(C)cc(C)cc1C. The Morgan fingerprint density at radius 1 is 0.694 bits per heavy atom. The van der Waals surface area contributed by atoms with Gasteiger partial charge in [0.25, 0.3) is 0 Å². The van der Waals surface area contributed by atoms with E-state index in [9.17, 15) is 0 Å².